The molecule has 0 bridgehead atoms. The second-order valence-electron chi connectivity index (χ2n) is 3.45. The van der Waals surface area contributed by atoms with Crippen LogP contribution < -0.4 is 15.4 Å². The standard InChI is InChI=1S/C12H19ClN2O/c1-4-15(5-2)12-9(8-14)11(16-3)7-6-10(12)13/h6-7H,4-5,8,14H2,1-3H3. The van der Waals surface area contributed by atoms with Gasteiger partial charge in [0.15, 0.2) is 0 Å². The summed E-state index contributed by atoms with van der Waals surface area (Å²) in [6.07, 6.45) is 0. The van der Waals surface area contributed by atoms with E-state index in [2.05, 4.69) is 18.7 Å². The molecule has 3 nitrogen and oxygen atoms in total. The number of rotatable bonds is 5. The number of nitrogens with two attached hydrogens (primary N) is 1. The molecule has 0 unspecified atom stereocenters. The molecule has 0 radical (unpaired) electrons. The molecule has 1 aromatic carbocycles. The normalized spacial score (nSPS) is 10.3. The van der Waals surface area contributed by atoms with Gasteiger partial charge in [0.05, 0.1) is 17.8 Å². The van der Waals surface area contributed by atoms with Gasteiger partial charge >= 0.3 is 0 Å². The van der Waals surface area contributed by atoms with E-state index in [1.165, 1.54) is 0 Å². The molecule has 0 fully saturated rings. The highest BCUT2D eigenvalue weighted by Crippen LogP contribution is 2.35. The van der Waals surface area contributed by atoms with Gasteiger partial charge in [-0.3, -0.25) is 0 Å². The van der Waals surface area contributed by atoms with E-state index in [-0.39, 0.29) is 0 Å². The van der Waals surface area contributed by atoms with Crippen LogP contribution in [0.15, 0.2) is 12.1 Å². The lowest BCUT2D eigenvalue weighted by Crippen LogP contribution is -2.24. The van der Waals surface area contributed by atoms with E-state index < -0.39 is 0 Å². The fraction of sp³-hybridized carbons (Fsp3) is 0.500. The third-order valence-corrected chi connectivity index (χ3v) is 3.00. The highest BCUT2D eigenvalue weighted by atomic mass is 35.5. The van der Waals surface area contributed by atoms with E-state index in [9.17, 15) is 0 Å². The van der Waals surface area contributed by atoms with E-state index in [1.54, 1.807) is 7.11 Å². The van der Waals surface area contributed by atoms with Crippen molar-refractivity contribution in [1.29, 1.82) is 0 Å². The average molecular weight is 243 g/mol. The lowest BCUT2D eigenvalue weighted by atomic mass is 10.1. The van der Waals surface area contributed by atoms with Crippen LogP contribution in [0.3, 0.4) is 0 Å². The van der Waals surface area contributed by atoms with Gasteiger partial charge in [0.1, 0.15) is 5.75 Å². The van der Waals surface area contributed by atoms with Gasteiger partial charge in [-0.25, -0.2) is 0 Å². The Morgan fingerprint density at radius 3 is 2.38 bits per heavy atom. The summed E-state index contributed by atoms with van der Waals surface area (Å²) in [7, 11) is 1.65. The molecule has 0 aliphatic carbocycles. The molecule has 16 heavy (non-hydrogen) atoms. The maximum Gasteiger partial charge on any atom is 0.125 e. The summed E-state index contributed by atoms with van der Waals surface area (Å²) in [4.78, 5) is 2.19. The van der Waals surface area contributed by atoms with Crippen molar-refractivity contribution in [2.24, 2.45) is 5.73 Å². The Morgan fingerprint density at radius 1 is 1.31 bits per heavy atom. The van der Waals surface area contributed by atoms with Crippen LogP contribution in [0.4, 0.5) is 5.69 Å². The lowest BCUT2D eigenvalue weighted by Gasteiger charge is -2.26. The van der Waals surface area contributed by atoms with Crippen LogP contribution in [0.5, 0.6) is 5.75 Å². The number of hydrogen-bond donors (Lipinski definition) is 1. The SMILES string of the molecule is CCN(CC)c1c(Cl)ccc(OC)c1CN. The lowest BCUT2D eigenvalue weighted by molar-refractivity contribution is 0.410. The van der Waals surface area contributed by atoms with Crippen molar-refractivity contribution >= 4 is 17.3 Å². The fourth-order valence-electron chi connectivity index (χ4n) is 1.86. The first kappa shape index (κ1) is 13.1. The number of benzene rings is 1. The minimum atomic E-state index is 0.426. The molecule has 0 saturated heterocycles. The molecular formula is C12H19ClN2O. The van der Waals surface area contributed by atoms with Crippen LogP contribution in [0.25, 0.3) is 0 Å². The summed E-state index contributed by atoms with van der Waals surface area (Å²) >= 11 is 6.24. The number of ether oxygens (including phenoxy) is 1. The topological polar surface area (TPSA) is 38.5 Å². The molecule has 0 aliphatic rings. The van der Waals surface area contributed by atoms with Crippen LogP contribution in [0, 0.1) is 0 Å². The minimum absolute atomic E-state index is 0.426. The number of hydrogen-bond acceptors (Lipinski definition) is 3. The maximum absolute atomic E-state index is 6.24. The van der Waals surface area contributed by atoms with Crippen molar-refractivity contribution in [3.05, 3.63) is 22.7 Å². The van der Waals surface area contributed by atoms with Crippen LogP contribution in [-0.4, -0.2) is 20.2 Å². The van der Waals surface area contributed by atoms with E-state index in [4.69, 9.17) is 22.1 Å². The largest absolute Gasteiger partial charge is 0.496 e. The van der Waals surface area contributed by atoms with Crippen LogP contribution >= 0.6 is 11.6 Å². The molecule has 2 N–H and O–H groups in total. The predicted octanol–water partition coefficient (Wildman–Crippen LogP) is 2.65. The van der Waals surface area contributed by atoms with Crippen molar-refractivity contribution < 1.29 is 4.74 Å². The first-order valence-electron chi connectivity index (χ1n) is 5.49. The van der Waals surface area contributed by atoms with Gasteiger partial charge in [-0.2, -0.15) is 0 Å². The van der Waals surface area contributed by atoms with Gasteiger partial charge in [0.25, 0.3) is 0 Å². The summed E-state index contributed by atoms with van der Waals surface area (Å²) < 4.78 is 5.31. The van der Waals surface area contributed by atoms with Gasteiger partial charge in [-0.05, 0) is 26.0 Å². The van der Waals surface area contributed by atoms with Crippen molar-refractivity contribution in [2.75, 3.05) is 25.1 Å². The highest BCUT2D eigenvalue weighted by Gasteiger charge is 2.15. The Labute approximate surface area is 102 Å². The van der Waals surface area contributed by atoms with Gasteiger partial charge in [0.2, 0.25) is 0 Å². The van der Waals surface area contributed by atoms with E-state index >= 15 is 0 Å². The first-order valence-corrected chi connectivity index (χ1v) is 5.87. The third kappa shape index (κ3) is 2.42. The van der Waals surface area contributed by atoms with E-state index in [1.807, 2.05) is 12.1 Å². The summed E-state index contributed by atoms with van der Waals surface area (Å²) in [5.41, 5.74) is 7.74. The van der Waals surface area contributed by atoms with Crippen LogP contribution in [0.1, 0.15) is 19.4 Å². The molecule has 0 amide bonds. The summed E-state index contributed by atoms with van der Waals surface area (Å²) in [6.45, 7) is 6.42. The van der Waals surface area contributed by atoms with Gasteiger partial charge in [-0.1, -0.05) is 11.6 Å². The number of nitrogens with zero attached hydrogens (tertiary/aromatic N) is 1. The van der Waals surface area contributed by atoms with Crippen molar-refractivity contribution in [3.63, 3.8) is 0 Å². The van der Waals surface area contributed by atoms with Crippen molar-refractivity contribution in [1.82, 2.24) is 0 Å². The predicted molar refractivity (Wildman–Crippen MR) is 69.5 cm³/mol. The molecule has 90 valence electrons. The van der Waals surface area contributed by atoms with Gasteiger partial charge in [0, 0.05) is 25.2 Å². The van der Waals surface area contributed by atoms with Gasteiger partial charge < -0.3 is 15.4 Å². The Balaban J connectivity index is 3.32. The third-order valence-electron chi connectivity index (χ3n) is 2.69. The van der Waals surface area contributed by atoms with Crippen molar-refractivity contribution in [2.45, 2.75) is 20.4 Å². The van der Waals surface area contributed by atoms with E-state index in [0.717, 1.165) is 35.1 Å². The monoisotopic (exact) mass is 242 g/mol. The number of halogens is 1. The summed E-state index contributed by atoms with van der Waals surface area (Å²) in [5, 5.41) is 0.727. The Bertz CT molecular complexity index is 351. The summed E-state index contributed by atoms with van der Waals surface area (Å²) in [6, 6.07) is 3.71. The minimum Gasteiger partial charge on any atom is -0.496 e. The molecule has 0 heterocycles. The molecule has 0 aromatic heterocycles. The fourth-order valence-corrected chi connectivity index (χ4v) is 2.16. The number of methoxy groups -OCH3 is 1. The smallest absolute Gasteiger partial charge is 0.125 e. The van der Waals surface area contributed by atoms with Crippen LogP contribution in [0.2, 0.25) is 5.02 Å². The second kappa shape index (κ2) is 5.97. The van der Waals surface area contributed by atoms with Crippen molar-refractivity contribution in [3.8, 4) is 5.75 Å². The summed E-state index contributed by atoms with van der Waals surface area (Å²) in [5.74, 6) is 0.800. The zero-order valence-corrected chi connectivity index (χ0v) is 10.8. The maximum atomic E-state index is 6.24. The average Bonchev–Trinajstić information content (AvgIpc) is 2.32. The first-order chi connectivity index (χ1) is 7.69. The quantitative estimate of drug-likeness (QED) is 0.863. The molecular weight excluding hydrogens is 224 g/mol. The molecule has 4 heteroatoms. The Kier molecular flexibility index (Phi) is 4.90. The van der Waals surface area contributed by atoms with Crippen LogP contribution in [-0.2, 0) is 6.54 Å². The highest BCUT2D eigenvalue weighted by molar-refractivity contribution is 6.33. The molecule has 1 rings (SSSR count). The molecule has 0 aliphatic heterocycles. The Hall–Kier alpha value is -0.930. The van der Waals surface area contributed by atoms with E-state index in [0.29, 0.717) is 6.54 Å². The number of anilines is 1. The zero-order valence-electron chi connectivity index (χ0n) is 10.1. The second-order valence-corrected chi connectivity index (χ2v) is 3.86. The molecule has 1 aromatic rings. The molecule has 0 spiro atoms. The molecule has 0 saturated carbocycles. The molecule has 0 atom stereocenters. The van der Waals surface area contributed by atoms with Gasteiger partial charge in [-0.15, -0.1) is 0 Å². The Morgan fingerprint density at radius 2 is 1.94 bits per heavy atom. The zero-order chi connectivity index (χ0) is 12.1.